The highest BCUT2D eigenvalue weighted by Gasteiger charge is 2.48. The minimum Gasteiger partial charge on any atom is -0.382 e. The van der Waals surface area contributed by atoms with E-state index >= 15 is 0 Å². The Morgan fingerprint density at radius 2 is 1.93 bits per heavy atom. The van der Waals surface area contributed by atoms with Gasteiger partial charge in [0.2, 0.25) is 0 Å². The van der Waals surface area contributed by atoms with E-state index in [9.17, 15) is 22.8 Å². The van der Waals surface area contributed by atoms with Gasteiger partial charge in [-0.05, 0) is 19.1 Å². The number of rotatable bonds is 5. The van der Waals surface area contributed by atoms with E-state index in [0.717, 1.165) is 17.0 Å². The van der Waals surface area contributed by atoms with Crippen LogP contribution < -0.4 is 5.32 Å². The van der Waals surface area contributed by atoms with Gasteiger partial charge in [0.25, 0.3) is 5.91 Å². The number of methoxy groups -OCH3 is 1. The number of nitrogens with zero attached hydrogens (tertiary/aromatic N) is 2. The molecule has 27 heavy (non-hydrogen) atoms. The van der Waals surface area contributed by atoms with Crippen LogP contribution >= 0.6 is 11.3 Å². The summed E-state index contributed by atoms with van der Waals surface area (Å²) in [4.78, 5) is 29.9. The molecule has 0 radical (unpaired) electrons. The van der Waals surface area contributed by atoms with Crippen molar-refractivity contribution in [3.8, 4) is 10.6 Å². The second-order valence-electron chi connectivity index (χ2n) is 6.31. The summed E-state index contributed by atoms with van der Waals surface area (Å²) in [5.41, 5.74) is -0.862. The topological polar surface area (TPSA) is 71.5 Å². The number of ether oxygens (including phenoxy) is 1. The summed E-state index contributed by atoms with van der Waals surface area (Å²) in [5.74, 6) is -0.418. The number of hydrogen-bond acceptors (Lipinski definition) is 5. The Kier molecular flexibility index (Phi) is 4.96. The van der Waals surface area contributed by atoms with Crippen LogP contribution in [0, 0.1) is 0 Å². The summed E-state index contributed by atoms with van der Waals surface area (Å²) in [5, 5.41) is 4.76. The van der Waals surface area contributed by atoms with Gasteiger partial charge < -0.3 is 10.1 Å². The molecule has 2 aromatic rings. The second kappa shape index (κ2) is 6.93. The summed E-state index contributed by atoms with van der Waals surface area (Å²) >= 11 is 1.23. The summed E-state index contributed by atoms with van der Waals surface area (Å²) in [6, 6.07) is 4.13. The third-order valence-electron chi connectivity index (χ3n) is 4.11. The Balaban J connectivity index is 1.75. The van der Waals surface area contributed by atoms with Crippen LogP contribution in [0.25, 0.3) is 10.6 Å². The third-order valence-corrected chi connectivity index (χ3v) is 5.05. The number of aromatic nitrogens is 1. The molecule has 144 valence electrons. The number of carbonyl (C=O) groups excluding carboxylic acids is 2. The fraction of sp³-hybridized carbons (Fsp3) is 0.353. The van der Waals surface area contributed by atoms with Crippen LogP contribution in [0.2, 0.25) is 0 Å². The van der Waals surface area contributed by atoms with E-state index in [1.807, 2.05) is 0 Å². The molecule has 1 saturated heterocycles. The number of urea groups is 1. The van der Waals surface area contributed by atoms with E-state index in [-0.39, 0.29) is 13.2 Å². The van der Waals surface area contributed by atoms with Gasteiger partial charge in [0, 0.05) is 18.1 Å². The monoisotopic (exact) mass is 399 g/mol. The highest BCUT2D eigenvalue weighted by Crippen LogP contribution is 2.32. The van der Waals surface area contributed by atoms with Crippen molar-refractivity contribution in [3.63, 3.8) is 0 Å². The number of hydrogen-bond donors (Lipinski definition) is 1. The number of thiazole rings is 1. The van der Waals surface area contributed by atoms with Crippen LogP contribution in [0.15, 0.2) is 29.6 Å². The van der Waals surface area contributed by atoms with E-state index in [2.05, 4.69) is 10.3 Å². The van der Waals surface area contributed by atoms with Crippen LogP contribution in [0.5, 0.6) is 0 Å². The Bertz CT molecular complexity index is 866. The standard InChI is InChI=1S/C17H16F3N3O3S/c1-16(9-26-2)14(24)23(15(25)22-16)7-12-8-27-13(21-12)10-3-5-11(6-4-10)17(18,19)20/h3-6,8H,7,9H2,1-2H3,(H,22,25)/t16-/m1/s1. The molecular weight excluding hydrogens is 383 g/mol. The Morgan fingerprint density at radius 1 is 1.26 bits per heavy atom. The first-order chi connectivity index (χ1) is 12.6. The van der Waals surface area contributed by atoms with Crippen LogP contribution in [0.4, 0.5) is 18.0 Å². The average molecular weight is 399 g/mol. The Labute approximate surface area is 157 Å². The van der Waals surface area contributed by atoms with E-state index in [4.69, 9.17) is 4.74 Å². The normalized spacial score (nSPS) is 20.3. The van der Waals surface area contributed by atoms with Gasteiger partial charge in [-0.3, -0.25) is 9.69 Å². The molecule has 3 rings (SSSR count). The molecule has 2 heterocycles. The first-order valence-electron chi connectivity index (χ1n) is 7.89. The zero-order valence-electron chi connectivity index (χ0n) is 14.5. The van der Waals surface area contributed by atoms with Crippen LogP contribution in [0.1, 0.15) is 18.2 Å². The largest absolute Gasteiger partial charge is 0.416 e. The van der Waals surface area contributed by atoms with Gasteiger partial charge in [0.15, 0.2) is 0 Å². The lowest BCUT2D eigenvalue weighted by Gasteiger charge is -2.20. The summed E-state index contributed by atoms with van der Waals surface area (Å²) < 4.78 is 42.9. The smallest absolute Gasteiger partial charge is 0.382 e. The number of imide groups is 1. The first-order valence-corrected chi connectivity index (χ1v) is 8.77. The van der Waals surface area contributed by atoms with Gasteiger partial charge in [-0.15, -0.1) is 11.3 Å². The lowest BCUT2D eigenvalue weighted by atomic mass is 10.0. The number of alkyl halides is 3. The highest BCUT2D eigenvalue weighted by molar-refractivity contribution is 7.13. The van der Waals surface area contributed by atoms with Gasteiger partial charge in [-0.2, -0.15) is 13.2 Å². The van der Waals surface area contributed by atoms with Crippen LogP contribution in [-0.2, 0) is 22.3 Å². The molecule has 1 fully saturated rings. The third kappa shape index (κ3) is 3.81. The molecule has 0 spiro atoms. The quantitative estimate of drug-likeness (QED) is 0.784. The molecule has 0 bridgehead atoms. The highest BCUT2D eigenvalue weighted by atomic mass is 32.1. The first kappa shape index (κ1) is 19.3. The molecular formula is C17H16F3N3O3S. The van der Waals surface area contributed by atoms with Crippen molar-refractivity contribution in [1.82, 2.24) is 15.2 Å². The molecule has 1 aromatic heterocycles. The molecule has 1 aliphatic rings. The Hall–Kier alpha value is -2.46. The van der Waals surface area contributed by atoms with Crippen molar-refractivity contribution in [2.45, 2.75) is 25.2 Å². The zero-order chi connectivity index (χ0) is 19.8. The molecule has 0 aliphatic carbocycles. The summed E-state index contributed by atoms with van der Waals surface area (Å²) in [6.07, 6.45) is -4.40. The summed E-state index contributed by atoms with van der Waals surface area (Å²) in [7, 11) is 1.43. The van der Waals surface area contributed by atoms with E-state index in [0.29, 0.717) is 16.3 Å². The maximum absolute atomic E-state index is 12.6. The molecule has 0 unspecified atom stereocenters. The van der Waals surface area contributed by atoms with Crippen molar-refractivity contribution < 1.29 is 27.5 Å². The summed E-state index contributed by atoms with van der Waals surface area (Å²) in [6.45, 7) is 1.59. The molecule has 3 amide bonds. The number of nitrogens with one attached hydrogen (secondary N) is 1. The number of amides is 3. The number of carbonyl (C=O) groups is 2. The molecule has 10 heteroatoms. The van der Waals surface area contributed by atoms with Gasteiger partial charge in [0.1, 0.15) is 10.5 Å². The fourth-order valence-corrected chi connectivity index (χ4v) is 3.57. The Morgan fingerprint density at radius 3 is 2.52 bits per heavy atom. The van der Waals surface area contributed by atoms with E-state index < -0.39 is 29.2 Å². The van der Waals surface area contributed by atoms with Gasteiger partial charge in [0.05, 0.1) is 24.4 Å². The number of halogens is 3. The molecule has 0 saturated carbocycles. The van der Waals surface area contributed by atoms with Crippen LogP contribution in [0.3, 0.4) is 0 Å². The van der Waals surface area contributed by atoms with Gasteiger partial charge in [-0.1, -0.05) is 12.1 Å². The van der Waals surface area contributed by atoms with Gasteiger partial charge >= 0.3 is 12.2 Å². The zero-order valence-corrected chi connectivity index (χ0v) is 15.3. The lowest BCUT2D eigenvalue weighted by Crippen LogP contribution is -2.47. The molecule has 1 aliphatic heterocycles. The molecule has 1 aromatic carbocycles. The average Bonchev–Trinajstić information content (AvgIpc) is 3.14. The second-order valence-corrected chi connectivity index (χ2v) is 7.16. The maximum Gasteiger partial charge on any atom is 0.416 e. The van der Waals surface area contributed by atoms with Crippen molar-refractivity contribution >= 4 is 23.3 Å². The van der Waals surface area contributed by atoms with Crippen molar-refractivity contribution in [2.75, 3.05) is 13.7 Å². The van der Waals surface area contributed by atoms with Crippen molar-refractivity contribution in [1.29, 1.82) is 0 Å². The van der Waals surface area contributed by atoms with Crippen LogP contribution in [-0.4, -0.2) is 41.1 Å². The maximum atomic E-state index is 12.6. The predicted molar refractivity (Wildman–Crippen MR) is 91.9 cm³/mol. The van der Waals surface area contributed by atoms with Crippen molar-refractivity contribution in [3.05, 3.63) is 40.9 Å². The molecule has 1 atom stereocenters. The number of benzene rings is 1. The minimum atomic E-state index is -4.40. The van der Waals surface area contributed by atoms with Gasteiger partial charge in [-0.25, -0.2) is 9.78 Å². The fourth-order valence-electron chi connectivity index (χ4n) is 2.75. The molecule has 6 nitrogen and oxygen atoms in total. The van der Waals surface area contributed by atoms with E-state index in [1.54, 1.807) is 12.3 Å². The van der Waals surface area contributed by atoms with Crippen molar-refractivity contribution in [2.24, 2.45) is 0 Å². The SMILES string of the molecule is COC[C@@]1(C)NC(=O)N(Cc2csc(-c3ccc(C(F)(F)F)cc3)n2)C1=O. The predicted octanol–water partition coefficient (Wildman–Crippen LogP) is 3.29. The van der Waals surface area contributed by atoms with E-state index in [1.165, 1.54) is 30.6 Å². The lowest BCUT2D eigenvalue weighted by molar-refractivity contribution is -0.137. The molecule has 1 N–H and O–H groups in total. The minimum absolute atomic E-state index is 0.0267.